The number of piperazine rings is 1. The second-order valence-corrected chi connectivity index (χ2v) is 4.73. The summed E-state index contributed by atoms with van der Waals surface area (Å²) in [5, 5.41) is 15.1. The van der Waals surface area contributed by atoms with Gasteiger partial charge in [-0.15, -0.1) is 0 Å². The van der Waals surface area contributed by atoms with Crippen LogP contribution in [-0.2, 0) is 4.79 Å². The molecule has 5 heteroatoms. The first kappa shape index (κ1) is 13.5. The Morgan fingerprint density at radius 2 is 2.37 bits per heavy atom. The van der Waals surface area contributed by atoms with Crippen molar-refractivity contribution in [1.82, 2.24) is 10.2 Å². The Balaban J connectivity index is 1.96. The van der Waals surface area contributed by atoms with Gasteiger partial charge in [-0.05, 0) is 19.1 Å². The zero-order chi connectivity index (χ0) is 13.7. The molecule has 5 nitrogen and oxygen atoms in total. The predicted octanol–water partition coefficient (Wildman–Crippen LogP) is 0.790. The SMILES string of the molecule is CC1CNCCN1CC(=O)Nc1ccccc1C#N. The summed E-state index contributed by atoms with van der Waals surface area (Å²) in [5.74, 6) is -0.0727. The van der Waals surface area contributed by atoms with Gasteiger partial charge in [0.2, 0.25) is 5.91 Å². The summed E-state index contributed by atoms with van der Waals surface area (Å²) in [6.07, 6.45) is 0. The van der Waals surface area contributed by atoms with Crippen molar-refractivity contribution in [2.45, 2.75) is 13.0 Å². The van der Waals surface area contributed by atoms with Crippen LogP contribution >= 0.6 is 0 Å². The monoisotopic (exact) mass is 258 g/mol. The zero-order valence-electron chi connectivity index (χ0n) is 11.0. The van der Waals surface area contributed by atoms with E-state index in [0.717, 1.165) is 19.6 Å². The lowest BCUT2D eigenvalue weighted by Gasteiger charge is -2.33. The Morgan fingerprint density at radius 3 is 3.11 bits per heavy atom. The second kappa shape index (κ2) is 6.32. The van der Waals surface area contributed by atoms with Gasteiger partial charge in [-0.25, -0.2) is 0 Å². The van der Waals surface area contributed by atoms with Crippen molar-refractivity contribution >= 4 is 11.6 Å². The first-order valence-corrected chi connectivity index (χ1v) is 6.44. The molecule has 2 N–H and O–H groups in total. The number of rotatable bonds is 3. The van der Waals surface area contributed by atoms with E-state index in [2.05, 4.69) is 28.5 Å². The predicted molar refractivity (Wildman–Crippen MR) is 73.7 cm³/mol. The molecule has 1 fully saturated rings. The highest BCUT2D eigenvalue weighted by atomic mass is 16.2. The molecule has 1 aliphatic heterocycles. The van der Waals surface area contributed by atoms with E-state index in [1.807, 2.05) is 6.07 Å². The Labute approximate surface area is 113 Å². The molecule has 0 saturated carbocycles. The molecule has 100 valence electrons. The second-order valence-electron chi connectivity index (χ2n) is 4.73. The third-order valence-corrected chi connectivity index (χ3v) is 3.31. The summed E-state index contributed by atoms with van der Waals surface area (Å²) >= 11 is 0. The van der Waals surface area contributed by atoms with Gasteiger partial charge in [-0.2, -0.15) is 5.26 Å². The minimum absolute atomic E-state index is 0.0727. The van der Waals surface area contributed by atoms with Crippen LogP contribution in [0, 0.1) is 11.3 Å². The number of benzene rings is 1. The first-order valence-electron chi connectivity index (χ1n) is 6.44. The molecule has 1 aromatic rings. The number of carbonyl (C=O) groups is 1. The van der Waals surface area contributed by atoms with Gasteiger partial charge in [0.25, 0.3) is 0 Å². The largest absolute Gasteiger partial charge is 0.324 e. The molecule has 1 heterocycles. The fourth-order valence-corrected chi connectivity index (χ4v) is 2.18. The van der Waals surface area contributed by atoms with E-state index in [4.69, 9.17) is 5.26 Å². The average molecular weight is 258 g/mol. The van der Waals surface area contributed by atoms with Crippen LogP contribution in [-0.4, -0.2) is 43.0 Å². The zero-order valence-corrected chi connectivity index (χ0v) is 11.0. The number of carbonyl (C=O) groups excluding carboxylic acids is 1. The van der Waals surface area contributed by atoms with Crippen molar-refractivity contribution in [3.8, 4) is 6.07 Å². The molecule has 0 spiro atoms. The summed E-state index contributed by atoms with van der Waals surface area (Å²) in [4.78, 5) is 14.2. The lowest BCUT2D eigenvalue weighted by molar-refractivity contribution is -0.118. The maximum absolute atomic E-state index is 12.0. The van der Waals surface area contributed by atoms with Crippen LogP contribution in [0.2, 0.25) is 0 Å². The van der Waals surface area contributed by atoms with Gasteiger partial charge in [0.1, 0.15) is 6.07 Å². The normalized spacial score (nSPS) is 19.7. The molecular weight excluding hydrogens is 240 g/mol. The smallest absolute Gasteiger partial charge is 0.238 e. The number of hydrogen-bond donors (Lipinski definition) is 2. The molecule has 0 aromatic heterocycles. The number of nitrogens with zero attached hydrogens (tertiary/aromatic N) is 2. The lowest BCUT2D eigenvalue weighted by atomic mass is 10.2. The van der Waals surface area contributed by atoms with Gasteiger partial charge in [-0.3, -0.25) is 9.69 Å². The van der Waals surface area contributed by atoms with E-state index >= 15 is 0 Å². The van der Waals surface area contributed by atoms with Gasteiger partial charge in [0, 0.05) is 25.7 Å². The van der Waals surface area contributed by atoms with Gasteiger partial charge < -0.3 is 10.6 Å². The molecule has 1 unspecified atom stereocenters. The highest BCUT2D eigenvalue weighted by Gasteiger charge is 2.20. The Morgan fingerprint density at radius 1 is 1.58 bits per heavy atom. The number of hydrogen-bond acceptors (Lipinski definition) is 4. The van der Waals surface area contributed by atoms with Crippen molar-refractivity contribution in [3.05, 3.63) is 29.8 Å². The van der Waals surface area contributed by atoms with E-state index in [0.29, 0.717) is 23.8 Å². The summed E-state index contributed by atoms with van der Waals surface area (Å²) in [5.41, 5.74) is 1.07. The van der Waals surface area contributed by atoms with E-state index in [1.54, 1.807) is 18.2 Å². The van der Waals surface area contributed by atoms with Gasteiger partial charge in [-0.1, -0.05) is 12.1 Å². The summed E-state index contributed by atoms with van der Waals surface area (Å²) in [7, 11) is 0. The minimum Gasteiger partial charge on any atom is -0.324 e. The quantitative estimate of drug-likeness (QED) is 0.841. The maximum Gasteiger partial charge on any atom is 0.238 e. The third-order valence-electron chi connectivity index (χ3n) is 3.31. The lowest BCUT2D eigenvalue weighted by Crippen LogP contribution is -2.52. The van der Waals surface area contributed by atoms with Crippen LogP contribution in [0.25, 0.3) is 0 Å². The van der Waals surface area contributed by atoms with Crippen molar-refractivity contribution in [2.75, 3.05) is 31.5 Å². The highest BCUT2D eigenvalue weighted by Crippen LogP contribution is 2.13. The highest BCUT2D eigenvalue weighted by molar-refractivity contribution is 5.93. The van der Waals surface area contributed by atoms with Crippen molar-refractivity contribution in [2.24, 2.45) is 0 Å². The summed E-state index contributed by atoms with van der Waals surface area (Å²) in [6, 6.07) is 9.47. The number of para-hydroxylation sites is 1. The van der Waals surface area contributed by atoms with E-state index in [-0.39, 0.29) is 5.91 Å². The van der Waals surface area contributed by atoms with Gasteiger partial charge in [0.05, 0.1) is 17.8 Å². The van der Waals surface area contributed by atoms with Crippen molar-refractivity contribution in [3.63, 3.8) is 0 Å². The standard InChI is InChI=1S/C14H18N4O/c1-11-9-16-6-7-18(11)10-14(19)17-13-5-3-2-4-12(13)8-15/h2-5,11,16H,6-7,9-10H2,1H3,(H,17,19). The van der Waals surface area contributed by atoms with Gasteiger partial charge >= 0.3 is 0 Å². The summed E-state index contributed by atoms with van der Waals surface area (Å²) in [6.45, 7) is 5.15. The molecule has 0 aliphatic carbocycles. The van der Waals surface area contributed by atoms with Crippen LogP contribution in [0.3, 0.4) is 0 Å². The molecule has 0 bridgehead atoms. The topological polar surface area (TPSA) is 68.2 Å². The van der Waals surface area contributed by atoms with Crippen LogP contribution in [0.1, 0.15) is 12.5 Å². The molecule has 2 rings (SSSR count). The van der Waals surface area contributed by atoms with E-state index in [9.17, 15) is 4.79 Å². The maximum atomic E-state index is 12.0. The Hall–Kier alpha value is -1.90. The van der Waals surface area contributed by atoms with Crippen molar-refractivity contribution < 1.29 is 4.79 Å². The molecular formula is C14H18N4O. The minimum atomic E-state index is -0.0727. The molecule has 19 heavy (non-hydrogen) atoms. The van der Waals surface area contributed by atoms with Crippen molar-refractivity contribution in [1.29, 1.82) is 5.26 Å². The molecule has 1 atom stereocenters. The Bertz CT molecular complexity index is 494. The fourth-order valence-electron chi connectivity index (χ4n) is 2.18. The molecule has 1 aromatic carbocycles. The molecule has 1 amide bonds. The summed E-state index contributed by atoms with van der Waals surface area (Å²) < 4.78 is 0. The van der Waals surface area contributed by atoms with E-state index in [1.165, 1.54) is 0 Å². The number of anilines is 1. The van der Waals surface area contributed by atoms with Crippen LogP contribution in [0.5, 0.6) is 0 Å². The van der Waals surface area contributed by atoms with Crippen LogP contribution in [0.4, 0.5) is 5.69 Å². The number of nitrogens with one attached hydrogen (secondary N) is 2. The average Bonchev–Trinajstić information content (AvgIpc) is 2.42. The Kier molecular flexibility index (Phi) is 4.50. The number of amides is 1. The third kappa shape index (κ3) is 3.53. The number of nitriles is 1. The first-order chi connectivity index (χ1) is 9.20. The fraction of sp³-hybridized carbons (Fsp3) is 0.429. The molecule has 1 saturated heterocycles. The molecule has 1 aliphatic rings. The van der Waals surface area contributed by atoms with Crippen LogP contribution < -0.4 is 10.6 Å². The molecule has 0 radical (unpaired) electrons. The van der Waals surface area contributed by atoms with Crippen LogP contribution in [0.15, 0.2) is 24.3 Å². The van der Waals surface area contributed by atoms with E-state index < -0.39 is 0 Å². The van der Waals surface area contributed by atoms with Gasteiger partial charge in [0.15, 0.2) is 0 Å².